The number of aromatic nitrogens is 2. The number of pyridine rings is 2. The molecule has 0 radical (unpaired) electrons. The van der Waals surface area contributed by atoms with Crippen molar-refractivity contribution in [3.63, 3.8) is 0 Å². The number of sulfonamides is 1. The molecule has 0 amide bonds. The Morgan fingerprint density at radius 3 is 2.20 bits per heavy atom. The Balaban J connectivity index is 2.07. The van der Waals surface area contributed by atoms with Gasteiger partial charge in [0.05, 0.1) is 17.3 Å². The Morgan fingerprint density at radius 1 is 0.933 bits per heavy atom. The lowest BCUT2D eigenvalue weighted by atomic mass is 10.2. The molecule has 0 atom stereocenters. The second kappa shape index (κ2) is 7.64. The number of aryl methyl sites for hydroxylation is 1. The van der Waals surface area contributed by atoms with Crippen LogP contribution in [0.1, 0.15) is 5.69 Å². The Morgan fingerprint density at radius 2 is 1.57 bits per heavy atom. The summed E-state index contributed by atoms with van der Waals surface area (Å²) >= 11 is 0. The average Bonchev–Trinajstić information content (AvgIpc) is 2.68. The number of hydrogen-bond donors (Lipinski definition) is 2. The summed E-state index contributed by atoms with van der Waals surface area (Å²) < 4.78 is 28.0. The Kier molecular flexibility index (Phi) is 5.01. The van der Waals surface area contributed by atoms with E-state index in [-0.39, 0.29) is 16.5 Å². The number of rotatable bonds is 5. The monoisotopic (exact) mass is 420 g/mol. The highest BCUT2D eigenvalue weighted by Crippen LogP contribution is 2.28. The van der Waals surface area contributed by atoms with Gasteiger partial charge < -0.3 is 5.32 Å². The summed E-state index contributed by atoms with van der Waals surface area (Å²) in [5.74, 6) is 0.522. The first-order chi connectivity index (χ1) is 14.3. The van der Waals surface area contributed by atoms with Gasteiger partial charge in [-0.25, -0.2) is 13.4 Å². The van der Waals surface area contributed by atoms with Crippen molar-refractivity contribution in [2.75, 3.05) is 16.3 Å². The molecule has 0 saturated carbocycles. The summed E-state index contributed by atoms with van der Waals surface area (Å²) in [6.07, 6.45) is 1.05. The first kappa shape index (κ1) is 19.7. The average molecular weight is 420 g/mol. The lowest BCUT2D eigenvalue weighted by molar-refractivity contribution is 0.607. The third kappa shape index (κ3) is 4.04. The topological polar surface area (TPSA) is 93.1 Å². The van der Waals surface area contributed by atoms with Crippen molar-refractivity contribution in [3.8, 4) is 5.69 Å². The SMILES string of the molecule is Cc1cc(NS(C)(=O)=O)c2c(=O)cc(Nc3ccccc3)n(-c3ccccc3)c2n1. The molecule has 2 aromatic heterocycles. The fourth-order valence-corrected chi connectivity index (χ4v) is 3.88. The van der Waals surface area contributed by atoms with Crippen LogP contribution in [0.15, 0.2) is 77.6 Å². The van der Waals surface area contributed by atoms with Gasteiger partial charge in [-0.1, -0.05) is 36.4 Å². The molecule has 2 N–H and O–H groups in total. The van der Waals surface area contributed by atoms with Crippen molar-refractivity contribution in [1.82, 2.24) is 9.55 Å². The van der Waals surface area contributed by atoms with Gasteiger partial charge >= 0.3 is 0 Å². The maximum atomic E-state index is 13.1. The zero-order valence-electron chi connectivity index (χ0n) is 16.5. The van der Waals surface area contributed by atoms with Crippen molar-refractivity contribution in [2.24, 2.45) is 0 Å². The van der Waals surface area contributed by atoms with Crippen molar-refractivity contribution >= 4 is 38.2 Å². The minimum absolute atomic E-state index is 0.202. The van der Waals surface area contributed by atoms with Crippen molar-refractivity contribution in [2.45, 2.75) is 6.92 Å². The molecule has 7 nitrogen and oxygen atoms in total. The highest BCUT2D eigenvalue weighted by molar-refractivity contribution is 7.92. The molecule has 4 aromatic rings. The molecule has 8 heteroatoms. The fourth-order valence-electron chi connectivity index (χ4n) is 3.32. The van der Waals surface area contributed by atoms with Crippen LogP contribution in [0.4, 0.5) is 17.2 Å². The highest BCUT2D eigenvalue weighted by atomic mass is 32.2. The van der Waals surface area contributed by atoms with Crippen molar-refractivity contribution < 1.29 is 8.42 Å². The lowest BCUT2D eigenvalue weighted by Crippen LogP contribution is -2.17. The summed E-state index contributed by atoms with van der Waals surface area (Å²) in [5.41, 5.74) is 2.40. The molecule has 0 fully saturated rings. The van der Waals surface area contributed by atoms with Gasteiger partial charge in [0.15, 0.2) is 11.1 Å². The molecule has 2 heterocycles. The maximum absolute atomic E-state index is 13.1. The van der Waals surface area contributed by atoms with Crippen molar-refractivity contribution in [1.29, 1.82) is 0 Å². The number of hydrogen-bond acceptors (Lipinski definition) is 5. The Hall–Kier alpha value is -3.65. The summed E-state index contributed by atoms with van der Waals surface area (Å²) in [7, 11) is -3.58. The van der Waals surface area contributed by atoms with Gasteiger partial charge in [0.1, 0.15) is 5.82 Å². The lowest BCUT2D eigenvalue weighted by Gasteiger charge is -2.19. The molecule has 4 rings (SSSR count). The van der Waals surface area contributed by atoms with Crippen molar-refractivity contribution in [3.05, 3.63) is 88.7 Å². The van der Waals surface area contributed by atoms with Crippen LogP contribution in [0.25, 0.3) is 16.7 Å². The standard InChI is InChI=1S/C22H20N4O3S/c1-15-13-18(25-30(2,28)29)21-19(27)14-20(24-16-9-5-3-6-10-16)26(22(21)23-15)17-11-7-4-8-12-17/h3-14,24H,1-2H3,(H,23,25). The van der Waals surface area contributed by atoms with E-state index in [1.807, 2.05) is 65.2 Å². The molecule has 30 heavy (non-hydrogen) atoms. The van der Waals surface area contributed by atoms with E-state index in [1.54, 1.807) is 13.0 Å². The summed E-state index contributed by atoms with van der Waals surface area (Å²) in [6.45, 7) is 1.75. The van der Waals surface area contributed by atoms with E-state index in [1.165, 1.54) is 6.07 Å². The molecule has 0 bridgehead atoms. The van der Waals surface area contributed by atoms with E-state index < -0.39 is 10.0 Å². The molecule has 0 spiro atoms. The number of para-hydroxylation sites is 2. The van der Waals surface area contributed by atoms with Crippen LogP contribution in [0, 0.1) is 6.92 Å². The predicted octanol–water partition coefficient (Wildman–Crippen LogP) is 3.81. The molecule has 0 aliphatic rings. The Labute approximate surface area is 174 Å². The largest absolute Gasteiger partial charge is 0.341 e. The quantitative estimate of drug-likeness (QED) is 0.512. The van der Waals surface area contributed by atoms with Crippen LogP contribution in [-0.2, 0) is 10.0 Å². The summed E-state index contributed by atoms with van der Waals surface area (Å²) in [6, 6.07) is 22.0. The van der Waals surface area contributed by atoms with E-state index in [0.717, 1.165) is 17.6 Å². The van der Waals surface area contributed by atoms with Gasteiger partial charge in [-0.15, -0.1) is 0 Å². The third-order valence-corrected chi connectivity index (χ3v) is 5.04. The van der Waals surface area contributed by atoms with Gasteiger partial charge in [0.25, 0.3) is 0 Å². The molecule has 152 valence electrons. The van der Waals surface area contributed by atoms with E-state index in [9.17, 15) is 13.2 Å². The summed E-state index contributed by atoms with van der Waals surface area (Å²) in [4.78, 5) is 17.7. The number of nitrogens with zero attached hydrogens (tertiary/aromatic N) is 2. The maximum Gasteiger partial charge on any atom is 0.229 e. The Bertz CT molecular complexity index is 1380. The molecule has 2 aromatic carbocycles. The fraction of sp³-hybridized carbons (Fsp3) is 0.0909. The number of fused-ring (bicyclic) bond motifs is 1. The zero-order chi connectivity index (χ0) is 21.3. The molecule has 0 aliphatic carbocycles. The van der Waals surface area contributed by atoms with Crippen LogP contribution in [0.3, 0.4) is 0 Å². The van der Waals surface area contributed by atoms with Gasteiger partial charge in [-0.2, -0.15) is 0 Å². The van der Waals surface area contributed by atoms with Gasteiger partial charge in [0.2, 0.25) is 10.0 Å². The minimum Gasteiger partial charge on any atom is -0.341 e. The first-order valence-corrected chi connectivity index (χ1v) is 11.1. The number of anilines is 3. The number of benzene rings is 2. The molecule has 0 aliphatic heterocycles. The van der Waals surface area contributed by atoms with E-state index in [2.05, 4.69) is 15.0 Å². The van der Waals surface area contributed by atoms with Crippen LogP contribution >= 0.6 is 0 Å². The molecular formula is C22H20N4O3S. The second-order valence-electron chi connectivity index (χ2n) is 6.94. The molecule has 0 unspecified atom stereocenters. The second-order valence-corrected chi connectivity index (χ2v) is 8.69. The molecular weight excluding hydrogens is 400 g/mol. The van der Waals surface area contributed by atoms with E-state index in [4.69, 9.17) is 0 Å². The van der Waals surface area contributed by atoms with Gasteiger partial charge in [0, 0.05) is 23.1 Å². The smallest absolute Gasteiger partial charge is 0.229 e. The van der Waals surface area contributed by atoms with Crippen LogP contribution in [0.2, 0.25) is 0 Å². The molecule has 0 saturated heterocycles. The van der Waals surface area contributed by atoms with Gasteiger partial charge in [-0.3, -0.25) is 14.1 Å². The minimum atomic E-state index is -3.58. The number of nitrogens with one attached hydrogen (secondary N) is 2. The predicted molar refractivity (Wildman–Crippen MR) is 120 cm³/mol. The van der Waals surface area contributed by atoms with Gasteiger partial charge in [-0.05, 0) is 37.3 Å². The zero-order valence-corrected chi connectivity index (χ0v) is 17.3. The van der Waals surface area contributed by atoms with E-state index in [0.29, 0.717) is 17.2 Å². The first-order valence-electron chi connectivity index (χ1n) is 9.24. The third-order valence-electron chi connectivity index (χ3n) is 4.45. The highest BCUT2D eigenvalue weighted by Gasteiger charge is 2.18. The van der Waals surface area contributed by atoms with Crippen LogP contribution in [0.5, 0.6) is 0 Å². The van der Waals surface area contributed by atoms with E-state index >= 15 is 0 Å². The van der Waals surface area contributed by atoms with Crippen LogP contribution < -0.4 is 15.5 Å². The normalized spacial score (nSPS) is 11.4. The van der Waals surface area contributed by atoms with Crippen LogP contribution in [-0.4, -0.2) is 24.2 Å². The summed E-state index contributed by atoms with van der Waals surface area (Å²) in [5, 5.41) is 3.48.